The highest BCUT2D eigenvalue weighted by Gasteiger charge is 2.35. The quantitative estimate of drug-likeness (QED) is 0.854. The summed E-state index contributed by atoms with van der Waals surface area (Å²) in [6, 6.07) is 7.45. The highest BCUT2D eigenvalue weighted by atomic mass is 16.5. The minimum atomic E-state index is -1.02. The molecule has 4 nitrogen and oxygen atoms in total. The van der Waals surface area contributed by atoms with Crippen LogP contribution in [-0.2, 0) is 10.4 Å². The lowest BCUT2D eigenvalue weighted by atomic mass is 9.88. The van der Waals surface area contributed by atoms with Crippen molar-refractivity contribution in [3.05, 3.63) is 29.8 Å². The topological polar surface area (TPSA) is 58.6 Å². The first kappa shape index (κ1) is 13.9. The van der Waals surface area contributed by atoms with E-state index >= 15 is 0 Å². The van der Waals surface area contributed by atoms with Gasteiger partial charge in [-0.1, -0.05) is 31.5 Å². The van der Waals surface area contributed by atoms with Gasteiger partial charge >= 0.3 is 0 Å². The molecule has 1 heterocycles. The molecule has 4 heteroatoms. The molecule has 0 spiro atoms. The molecule has 0 aromatic heterocycles. The first-order valence-electron chi connectivity index (χ1n) is 6.87. The van der Waals surface area contributed by atoms with Crippen molar-refractivity contribution in [1.29, 1.82) is 0 Å². The molecule has 1 unspecified atom stereocenters. The zero-order valence-corrected chi connectivity index (χ0v) is 11.3. The highest BCUT2D eigenvalue weighted by molar-refractivity contribution is 5.75. The number of amides is 1. The van der Waals surface area contributed by atoms with Crippen LogP contribution in [0.15, 0.2) is 24.3 Å². The van der Waals surface area contributed by atoms with E-state index in [0.717, 1.165) is 18.4 Å². The molecule has 2 rings (SSSR count). The summed E-state index contributed by atoms with van der Waals surface area (Å²) in [6.45, 7) is 2.77. The SMILES string of the molecule is CCCCC(=O)NCC1(O)CCOc2ccccc21. The van der Waals surface area contributed by atoms with E-state index in [1.165, 1.54) is 0 Å². The fourth-order valence-corrected chi connectivity index (χ4v) is 2.30. The summed E-state index contributed by atoms with van der Waals surface area (Å²) >= 11 is 0. The second-order valence-electron chi connectivity index (χ2n) is 5.01. The molecule has 1 aromatic carbocycles. The van der Waals surface area contributed by atoms with Gasteiger partial charge in [0.05, 0.1) is 13.2 Å². The monoisotopic (exact) mass is 263 g/mol. The van der Waals surface area contributed by atoms with Crippen LogP contribution in [0.5, 0.6) is 5.75 Å². The van der Waals surface area contributed by atoms with E-state index in [4.69, 9.17) is 4.74 Å². The maximum absolute atomic E-state index is 11.6. The van der Waals surface area contributed by atoms with Crippen molar-refractivity contribution in [2.24, 2.45) is 0 Å². The smallest absolute Gasteiger partial charge is 0.220 e. The van der Waals surface area contributed by atoms with Gasteiger partial charge in [-0.05, 0) is 12.5 Å². The van der Waals surface area contributed by atoms with Gasteiger partial charge in [0.15, 0.2) is 0 Å². The van der Waals surface area contributed by atoms with Gasteiger partial charge in [0.2, 0.25) is 5.91 Å². The minimum absolute atomic E-state index is 0.000696. The van der Waals surface area contributed by atoms with E-state index in [2.05, 4.69) is 12.2 Å². The Kier molecular flexibility index (Phi) is 4.43. The van der Waals surface area contributed by atoms with E-state index in [9.17, 15) is 9.90 Å². The highest BCUT2D eigenvalue weighted by Crippen LogP contribution is 2.36. The van der Waals surface area contributed by atoms with Gasteiger partial charge in [0.1, 0.15) is 11.4 Å². The molecule has 0 fully saturated rings. The average molecular weight is 263 g/mol. The van der Waals surface area contributed by atoms with E-state index in [-0.39, 0.29) is 12.5 Å². The zero-order chi connectivity index (χ0) is 13.7. The summed E-state index contributed by atoms with van der Waals surface area (Å²) in [6.07, 6.45) is 2.89. The number of carbonyl (C=O) groups is 1. The summed E-state index contributed by atoms with van der Waals surface area (Å²) in [4.78, 5) is 11.6. The normalized spacial score (nSPS) is 21.4. The van der Waals surface area contributed by atoms with Crippen LogP contribution >= 0.6 is 0 Å². The Balaban J connectivity index is 2.01. The Morgan fingerprint density at radius 2 is 2.26 bits per heavy atom. The molecule has 1 atom stereocenters. The number of ether oxygens (including phenoxy) is 1. The molecule has 0 bridgehead atoms. The van der Waals surface area contributed by atoms with Gasteiger partial charge in [-0.2, -0.15) is 0 Å². The molecular formula is C15H21NO3. The Morgan fingerprint density at radius 3 is 3.05 bits per heavy atom. The molecule has 19 heavy (non-hydrogen) atoms. The summed E-state index contributed by atoms with van der Waals surface area (Å²) in [5.41, 5.74) is -0.256. The fourth-order valence-electron chi connectivity index (χ4n) is 2.30. The van der Waals surface area contributed by atoms with Gasteiger partial charge in [-0.3, -0.25) is 4.79 Å². The lowest BCUT2D eigenvalue weighted by Gasteiger charge is -2.34. The van der Waals surface area contributed by atoms with Crippen LogP contribution < -0.4 is 10.1 Å². The van der Waals surface area contributed by atoms with Crippen molar-refractivity contribution in [3.63, 3.8) is 0 Å². The first-order chi connectivity index (χ1) is 9.15. The van der Waals surface area contributed by atoms with E-state index in [0.29, 0.717) is 25.2 Å². The average Bonchev–Trinajstić information content (AvgIpc) is 2.44. The molecule has 0 radical (unpaired) electrons. The summed E-state index contributed by atoms with van der Waals surface area (Å²) in [7, 11) is 0. The number of carbonyl (C=O) groups excluding carboxylic acids is 1. The largest absolute Gasteiger partial charge is 0.493 e. The van der Waals surface area contributed by atoms with Crippen LogP contribution in [0.4, 0.5) is 0 Å². The summed E-state index contributed by atoms with van der Waals surface area (Å²) in [5, 5.41) is 13.5. The van der Waals surface area contributed by atoms with Crippen LogP contribution in [0.25, 0.3) is 0 Å². The van der Waals surface area contributed by atoms with Gasteiger partial charge in [0, 0.05) is 18.4 Å². The molecule has 0 saturated carbocycles. The predicted molar refractivity (Wildman–Crippen MR) is 73.0 cm³/mol. The Bertz CT molecular complexity index is 447. The molecule has 1 aliphatic rings. The van der Waals surface area contributed by atoms with Gasteiger partial charge in [0.25, 0.3) is 0 Å². The van der Waals surface area contributed by atoms with Crippen molar-refractivity contribution in [2.45, 2.75) is 38.2 Å². The Labute approximate surface area is 113 Å². The van der Waals surface area contributed by atoms with Crippen molar-refractivity contribution < 1.29 is 14.6 Å². The second-order valence-corrected chi connectivity index (χ2v) is 5.01. The molecule has 1 amide bonds. The number of para-hydroxylation sites is 1. The number of nitrogens with one attached hydrogen (secondary N) is 1. The first-order valence-corrected chi connectivity index (χ1v) is 6.87. The van der Waals surface area contributed by atoms with Crippen molar-refractivity contribution in [1.82, 2.24) is 5.32 Å². The number of aliphatic hydroxyl groups is 1. The zero-order valence-electron chi connectivity index (χ0n) is 11.3. The minimum Gasteiger partial charge on any atom is -0.493 e. The predicted octanol–water partition coefficient (Wildman–Crippen LogP) is 1.96. The van der Waals surface area contributed by atoms with Gasteiger partial charge in [-0.25, -0.2) is 0 Å². The number of fused-ring (bicyclic) bond motifs is 1. The molecule has 104 valence electrons. The van der Waals surface area contributed by atoms with Crippen LogP contribution in [0.2, 0.25) is 0 Å². The van der Waals surface area contributed by atoms with E-state index < -0.39 is 5.60 Å². The molecule has 1 aliphatic heterocycles. The van der Waals surface area contributed by atoms with Gasteiger partial charge in [-0.15, -0.1) is 0 Å². The van der Waals surface area contributed by atoms with Crippen molar-refractivity contribution in [3.8, 4) is 5.75 Å². The second kappa shape index (κ2) is 6.06. The Morgan fingerprint density at radius 1 is 1.47 bits per heavy atom. The number of rotatable bonds is 5. The third-order valence-corrected chi connectivity index (χ3v) is 3.50. The third kappa shape index (κ3) is 3.26. The third-order valence-electron chi connectivity index (χ3n) is 3.50. The number of benzene rings is 1. The van der Waals surface area contributed by atoms with Gasteiger partial charge < -0.3 is 15.2 Å². The Hall–Kier alpha value is -1.55. The van der Waals surface area contributed by atoms with Crippen molar-refractivity contribution in [2.75, 3.05) is 13.2 Å². The molecule has 2 N–H and O–H groups in total. The maximum Gasteiger partial charge on any atom is 0.220 e. The van der Waals surface area contributed by atoms with Crippen LogP contribution in [0.1, 0.15) is 38.2 Å². The fraction of sp³-hybridized carbons (Fsp3) is 0.533. The summed E-state index contributed by atoms with van der Waals surface area (Å²) < 4.78 is 5.52. The molecule has 0 saturated heterocycles. The van der Waals surface area contributed by atoms with Crippen LogP contribution in [0, 0.1) is 0 Å². The number of hydrogen-bond acceptors (Lipinski definition) is 3. The lowest BCUT2D eigenvalue weighted by molar-refractivity contribution is -0.123. The molecule has 1 aromatic rings. The molecule has 0 aliphatic carbocycles. The van der Waals surface area contributed by atoms with Crippen molar-refractivity contribution >= 4 is 5.91 Å². The number of unbranched alkanes of at least 4 members (excludes halogenated alkanes) is 1. The lowest BCUT2D eigenvalue weighted by Crippen LogP contribution is -2.43. The standard InChI is InChI=1S/C15H21NO3/c1-2-3-8-14(17)16-11-15(18)9-10-19-13-7-5-4-6-12(13)15/h4-7,18H,2-3,8-11H2,1H3,(H,16,17). The van der Waals surface area contributed by atoms with Crippen LogP contribution in [-0.4, -0.2) is 24.2 Å². The maximum atomic E-state index is 11.6. The molecular weight excluding hydrogens is 242 g/mol. The summed E-state index contributed by atoms with van der Waals surface area (Å²) in [5.74, 6) is 0.707. The number of hydrogen-bond donors (Lipinski definition) is 2. The van der Waals surface area contributed by atoms with E-state index in [1.54, 1.807) is 0 Å². The van der Waals surface area contributed by atoms with Crippen LogP contribution in [0.3, 0.4) is 0 Å². The van der Waals surface area contributed by atoms with E-state index in [1.807, 2.05) is 24.3 Å².